The van der Waals surface area contributed by atoms with Crippen LogP contribution in [0.5, 0.6) is 0 Å². The van der Waals surface area contributed by atoms with E-state index < -0.39 is 6.43 Å². The van der Waals surface area contributed by atoms with Gasteiger partial charge >= 0.3 is 0 Å². The molecule has 1 N–H and O–H groups in total. The van der Waals surface area contributed by atoms with Gasteiger partial charge in [0, 0.05) is 18.0 Å². The molecule has 2 nitrogen and oxygen atoms in total. The third kappa shape index (κ3) is 2.90. The van der Waals surface area contributed by atoms with E-state index in [0.29, 0.717) is 0 Å². The predicted octanol–water partition coefficient (Wildman–Crippen LogP) is 3.09. The van der Waals surface area contributed by atoms with E-state index in [1.54, 1.807) is 0 Å². The van der Waals surface area contributed by atoms with Gasteiger partial charge in [0.15, 0.2) is 0 Å². The lowest BCUT2D eigenvalue weighted by Crippen LogP contribution is -1.92. The number of alkyl halides is 2. The number of rotatable bonds is 2. The van der Waals surface area contributed by atoms with Crippen molar-refractivity contribution in [1.82, 2.24) is 4.98 Å². The van der Waals surface area contributed by atoms with Gasteiger partial charge in [-0.3, -0.25) is 4.98 Å². The lowest BCUT2D eigenvalue weighted by atomic mass is 10.2. The number of halogens is 4. The standard InChI is InChI=1S/C7H5ClF2N2.ClH/c8-5-1-4(7(9)10)3-12-6(5)2-11;/h1-3,7,11H;1H. The normalized spacial score (nSPS) is 9.54. The van der Waals surface area contributed by atoms with Crippen LogP contribution in [0.2, 0.25) is 5.02 Å². The Morgan fingerprint density at radius 2 is 2.15 bits per heavy atom. The van der Waals surface area contributed by atoms with Crippen molar-refractivity contribution < 1.29 is 8.78 Å². The quantitative estimate of drug-likeness (QED) is 0.774. The summed E-state index contributed by atoms with van der Waals surface area (Å²) in [6, 6.07) is 1.11. The first-order valence-electron chi connectivity index (χ1n) is 3.09. The van der Waals surface area contributed by atoms with Gasteiger partial charge in [-0.15, -0.1) is 12.4 Å². The number of hydrogen-bond acceptors (Lipinski definition) is 2. The second-order valence-electron chi connectivity index (χ2n) is 2.08. The summed E-state index contributed by atoms with van der Waals surface area (Å²) in [7, 11) is 0. The van der Waals surface area contributed by atoms with Gasteiger partial charge in [-0.2, -0.15) is 0 Å². The van der Waals surface area contributed by atoms with Crippen molar-refractivity contribution in [2.45, 2.75) is 6.43 Å². The SMILES string of the molecule is Cl.N=Cc1ncc(C(F)F)cc1Cl. The topological polar surface area (TPSA) is 36.7 Å². The Morgan fingerprint density at radius 3 is 2.54 bits per heavy atom. The highest BCUT2D eigenvalue weighted by molar-refractivity contribution is 6.32. The van der Waals surface area contributed by atoms with Crippen molar-refractivity contribution in [2.24, 2.45) is 0 Å². The van der Waals surface area contributed by atoms with E-state index in [0.717, 1.165) is 18.5 Å². The molecule has 0 unspecified atom stereocenters. The van der Waals surface area contributed by atoms with Gasteiger partial charge in [-0.1, -0.05) is 11.6 Å². The van der Waals surface area contributed by atoms with Gasteiger partial charge in [-0.25, -0.2) is 8.78 Å². The molecule has 13 heavy (non-hydrogen) atoms. The number of nitrogens with one attached hydrogen (secondary N) is 1. The average Bonchev–Trinajstić information content (AvgIpc) is 2.04. The molecule has 72 valence electrons. The number of aromatic nitrogens is 1. The smallest absolute Gasteiger partial charge is 0.265 e. The lowest BCUT2D eigenvalue weighted by Gasteiger charge is -2.00. The first-order valence-corrected chi connectivity index (χ1v) is 3.47. The molecule has 0 spiro atoms. The fraction of sp³-hybridized carbons (Fsp3) is 0.143. The van der Waals surface area contributed by atoms with Crippen molar-refractivity contribution in [3.63, 3.8) is 0 Å². The summed E-state index contributed by atoms with van der Waals surface area (Å²) < 4.78 is 24.1. The molecule has 0 radical (unpaired) electrons. The van der Waals surface area contributed by atoms with Crippen molar-refractivity contribution >= 4 is 30.2 Å². The van der Waals surface area contributed by atoms with Gasteiger partial charge in [0.2, 0.25) is 0 Å². The zero-order valence-electron chi connectivity index (χ0n) is 6.30. The summed E-state index contributed by atoms with van der Waals surface area (Å²) in [6.07, 6.45) is -0.649. The van der Waals surface area contributed by atoms with Crippen molar-refractivity contribution in [2.75, 3.05) is 0 Å². The van der Waals surface area contributed by atoms with Crippen LogP contribution in [-0.2, 0) is 0 Å². The van der Waals surface area contributed by atoms with Crippen LogP contribution in [0, 0.1) is 5.41 Å². The highest BCUT2D eigenvalue weighted by Gasteiger charge is 2.09. The van der Waals surface area contributed by atoms with Crippen LogP contribution in [-0.4, -0.2) is 11.2 Å². The second-order valence-corrected chi connectivity index (χ2v) is 2.49. The van der Waals surface area contributed by atoms with Crippen molar-refractivity contribution in [3.05, 3.63) is 28.5 Å². The molecule has 1 heterocycles. The van der Waals surface area contributed by atoms with Crippen LogP contribution >= 0.6 is 24.0 Å². The highest BCUT2D eigenvalue weighted by atomic mass is 35.5. The largest absolute Gasteiger partial charge is 0.306 e. The Kier molecular flexibility index (Phi) is 4.80. The molecule has 0 aliphatic rings. The number of hydrogen-bond donors (Lipinski definition) is 1. The molecule has 0 fully saturated rings. The average molecular weight is 227 g/mol. The number of pyridine rings is 1. The van der Waals surface area contributed by atoms with E-state index in [9.17, 15) is 8.78 Å². The molecular weight excluding hydrogens is 221 g/mol. The molecule has 0 aromatic carbocycles. The molecule has 1 rings (SSSR count). The van der Waals surface area contributed by atoms with E-state index in [4.69, 9.17) is 17.0 Å². The Labute approximate surface area is 84.9 Å². The van der Waals surface area contributed by atoms with E-state index >= 15 is 0 Å². The summed E-state index contributed by atoms with van der Waals surface area (Å²) in [6.45, 7) is 0. The lowest BCUT2D eigenvalue weighted by molar-refractivity contribution is 0.151. The molecule has 0 saturated carbocycles. The Bertz CT molecular complexity index is 305. The second kappa shape index (κ2) is 5.09. The molecule has 0 amide bonds. The van der Waals surface area contributed by atoms with Crippen LogP contribution in [0.1, 0.15) is 17.7 Å². The molecule has 0 saturated heterocycles. The third-order valence-corrected chi connectivity index (χ3v) is 1.58. The maximum absolute atomic E-state index is 12.0. The van der Waals surface area contributed by atoms with Crippen LogP contribution in [0.4, 0.5) is 8.78 Å². The van der Waals surface area contributed by atoms with Gasteiger partial charge in [0.25, 0.3) is 6.43 Å². The predicted molar refractivity (Wildman–Crippen MR) is 49.3 cm³/mol. The van der Waals surface area contributed by atoms with Crippen LogP contribution in [0.25, 0.3) is 0 Å². The Hall–Kier alpha value is -0.740. The van der Waals surface area contributed by atoms with Crippen LogP contribution in [0.3, 0.4) is 0 Å². The number of nitrogens with zero attached hydrogens (tertiary/aromatic N) is 1. The fourth-order valence-corrected chi connectivity index (χ4v) is 0.918. The Morgan fingerprint density at radius 1 is 1.54 bits per heavy atom. The summed E-state index contributed by atoms with van der Waals surface area (Å²) in [4.78, 5) is 3.56. The van der Waals surface area contributed by atoms with Gasteiger partial charge in [0.1, 0.15) is 0 Å². The van der Waals surface area contributed by atoms with E-state index in [-0.39, 0.29) is 28.7 Å². The first-order chi connectivity index (χ1) is 5.65. The minimum absolute atomic E-state index is 0. The molecule has 0 aliphatic heterocycles. The van der Waals surface area contributed by atoms with Crippen molar-refractivity contribution in [1.29, 1.82) is 5.41 Å². The molecular formula is C7H6Cl2F2N2. The zero-order valence-corrected chi connectivity index (χ0v) is 7.87. The first kappa shape index (κ1) is 12.3. The summed E-state index contributed by atoms with van der Waals surface area (Å²) in [5.41, 5.74) is -0.0355. The van der Waals surface area contributed by atoms with Crippen molar-refractivity contribution in [3.8, 4) is 0 Å². The fourth-order valence-electron chi connectivity index (χ4n) is 0.689. The maximum atomic E-state index is 12.0. The molecule has 0 atom stereocenters. The summed E-state index contributed by atoms with van der Waals surface area (Å²) in [5.74, 6) is 0. The molecule has 0 aliphatic carbocycles. The monoisotopic (exact) mass is 226 g/mol. The third-order valence-electron chi connectivity index (χ3n) is 1.28. The van der Waals surface area contributed by atoms with E-state index in [2.05, 4.69) is 4.98 Å². The maximum Gasteiger partial charge on any atom is 0.265 e. The van der Waals surface area contributed by atoms with Gasteiger partial charge < -0.3 is 5.41 Å². The van der Waals surface area contributed by atoms with E-state index in [1.807, 2.05) is 0 Å². The minimum atomic E-state index is -2.57. The summed E-state index contributed by atoms with van der Waals surface area (Å²) in [5, 5.41) is 6.87. The summed E-state index contributed by atoms with van der Waals surface area (Å²) >= 11 is 5.53. The van der Waals surface area contributed by atoms with Crippen LogP contribution in [0.15, 0.2) is 12.3 Å². The Balaban J connectivity index is 0.00000144. The highest BCUT2D eigenvalue weighted by Crippen LogP contribution is 2.22. The zero-order chi connectivity index (χ0) is 9.14. The molecule has 0 bridgehead atoms. The van der Waals surface area contributed by atoms with Crippen LogP contribution < -0.4 is 0 Å². The van der Waals surface area contributed by atoms with Gasteiger partial charge in [0.05, 0.1) is 10.7 Å². The van der Waals surface area contributed by atoms with E-state index in [1.165, 1.54) is 0 Å². The molecule has 6 heteroatoms. The molecule has 1 aromatic rings. The van der Waals surface area contributed by atoms with Gasteiger partial charge in [-0.05, 0) is 6.07 Å². The minimum Gasteiger partial charge on any atom is -0.306 e. The molecule has 1 aromatic heterocycles.